The first-order chi connectivity index (χ1) is 7.57. The van der Waals surface area contributed by atoms with Crippen molar-refractivity contribution in [1.29, 1.82) is 0 Å². The first kappa shape index (κ1) is 16.3. The Kier molecular flexibility index (Phi) is 7.32. The molecule has 0 unspecified atom stereocenters. The average molecular weight is 264 g/mol. The Morgan fingerprint density at radius 3 is 2.47 bits per heavy atom. The first-order valence-electron chi connectivity index (χ1n) is 5.78. The monoisotopic (exact) mass is 263 g/mol. The molecule has 0 heterocycles. The minimum absolute atomic E-state index is 0. The third-order valence-corrected chi connectivity index (χ3v) is 2.81. The topological polar surface area (TPSA) is 26.0 Å². The van der Waals surface area contributed by atoms with Crippen LogP contribution in [0.1, 0.15) is 49.8 Å². The van der Waals surface area contributed by atoms with Crippen molar-refractivity contribution in [2.24, 2.45) is 5.73 Å². The van der Waals surface area contributed by atoms with Crippen LogP contribution in [0.25, 0.3) is 0 Å². The quantitative estimate of drug-likeness (QED) is 0.789. The molecule has 0 bridgehead atoms. The molecule has 1 aromatic rings. The third kappa shape index (κ3) is 4.25. The molecule has 2 N–H and O–H groups in total. The molecule has 4 heteroatoms. The fraction of sp³-hybridized carbons (Fsp3) is 0.538. The van der Waals surface area contributed by atoms with Crippen LogP contribution in [-0.4, -0.2) is 0 Å². The van der Waals surface area contributed by atoms with Gasteiger partial charge in [0.25, 0.3) is 0 Å². The second-order valence-electron chi connectivity index (χ2n) is 4.19. The lowest BCUT2D eigenvalue weighted by Gasteiger charge is -2.14. The van der Waals surface area contributed by atoms with Gasteiger partial charge >= 0.3 is 0 Å². The van der Waals surface area contributed by atoms with Crippen LogP contribution < -0.4 is 5.73 Å². The lowest BCUT2D eigenvalue weighted by Crippen LogP contribution is -2.15. The minimum atomic E-state index is -0.536. The number of aryl methyl sites for hydroxylation is 1. The van der Waals surface area contributed by atoms with Gasteiger partial charge in [0.2, 0.25) is 0 Å². The van der Waals surface area contributed by atoms with Gasteiger partial charge in [-0.2, -0.15) is 0 Å². The molecule has 1 rings (SSSR count). The second-order valence-corrected chi connectivity index (χ2v) is 4.19. The molecule has 1 aromatic carbocycles. The van der Waals surface area contributed by atoms with E-state index in [4.69, 9.17) is 5.73 Å². The Bertz CT molecular complexity index is 356. The molecular weight excluding hydrogens is 244 g/mol. The lowest BCUT2D eigenvalue weighted by molar-refractivity contribution is 0.494. The highest BCUT2D eigenvalue weighted by Gasteiger charge is 2.17. The summed E-state index contributed by atoms with van der Waals surface area (Å²) >= 11 is 0. The summed E-state index contributed by atoms with van der Waals surface area (Å²) in [5, 5.41) is 0. The maximum atomic E-state index is 13.7. The SMILES string of the molecule is CCCCC[C@@H](N)c1c(F)ccc(C)c1F.Cl. The Morgan fingerprint density at radius 2 is 1.88 bits per heavy atom. The van der Waals surface area contributed by atoms with Gasteiger partial charge in [-0.05, 0) is 25.0 Å². The molecule has 0 saturated carbocycles. The van der Waals surface area contributed by atoms with Crippen LogP contribution in [0.15, 0.2) is 12.1 Å². The van der Waals surface area contributed by atoms with Gasteiger partial charge in [-0.15, -0.1) is 12.4 Å². The molecule has 0 aliphatic heterocycles. The molecule has 1 atom stereocenters. The van der Waals surface area contributed by atoms with Gasteiger partial charge in [0.15, 0.2) is 0 Å². The van der Waals surface area contributed by atoms with Gasteiger partial charge in [-0.1, -0.05) is 32.3 Å². The largest absolute Gasteiger partial charge is 0.324 e. The summed E-state index contributed by atoms with van der Waals surface area (Å²) in [5.74, 6) is -1.03. The minimum Gasteiger partial charge on any atom is -0.324 e. The van der Waals surface area contributed by atoms with E-state index in [1.165, 1.54) is 12.1 Å². The fourth-order valence-electron chi connectivity index (χ4n) is 1.78. The third-order valence-electron chi connectivity index (χ3n) is 2.81. The number of rotatable bonds is 5. The lowest BCUT2D eigenvalue weighted by atomic mass is 9.98. The zero-order chi connectivity index (χ0) is 12.1. The normalized spacial score (nSPS) is 12.1. The Labute approximate surface area is 108 Å². The van der Waals surface area contributed by atoms with E-state index in [0.29, 0.717) is 12.0 Å². The molecule has 0 aliphatic rings. The summed E-state index contributed by atoms with van der Waals surface area (Å²) in [4.78, 5) is 0. The number of hydrogen-bond acceptors (Lipinski definition) is 1. The summed E-state index contributed by atoms with van der Waals surface area (Å²) in [7, 11) is 0. The predicted octanol–water partition coefficient (Wildman–Crippen LogP) is 4.28. The average Bonchev–Trinajstić information content (AvgIpc) is 2.24. The standard InChI is InChI=1S/C13H19F2N.ClH/c1-3-4-5-6-11(16)12-10(14)8-7-9(2)13(12)15;/h7-8,11H,3-6,16H2,1-2H3;1H/t11-;/m1./s1. The Hall–Kier alpha value is -0.670. The molecule has 17 heavy (non-hydrogen) atoms. The van der Waals surface area contributed by atoms with Gasteiger partial charge in [-0.3, -0.25) is 0 Å². The van der Waals surface area contributed by atoms with Gasteiger partial charge in [0, 0.05) is 11.6 Å². The highest BCUT2D eigenvalue weighted by Crippen LogP contribution is 2.25. The predicted molar refractivity (Wildman–Crippen MR) is 69.4 cm³/mol. The van der Waals surface area contributed by atoms with Crippen LogP contribution in [-0.2, 0) is 0 Å². The zero-order valence-electron chi connectivity index (χ0n) is 10.3. The van der Waals surface area contributed by atoms with Crippen molar-refractivity contribution in [2.45, 2.75) is 45.6 Å². The van der Waals surface area contributed by atoms with Crippen molar-refractivity contribution < 1.29 is 8.78 Å². The van der Waals surface area contributed by atoms with Crippen LogP contribution in [0, 0.1) is 18.6 Å². The fourth-order valence-corrected chi connectivity index (χ4v) is 1.78. The number of nitrogens with two attached hydrogens (primary N) is 1. The van der Waals surface area contributed by atoms with E-state index >= 15 is 0 Å². The smallest absolute Gasteiger partial charge is 0.133 e. The summed E-state index contributed by atoms with van der Waals surface area (Å²) < 4.78 is 27.2. The van der Waals surface area contributed by atoms with E-state index in [2.05, 4.69) is 6.92 Å². The van der Waals surface area contributed by atoms with Gasteiger partial charge in [-0.25, -0.2) is 8.78 Å². The molecular formula is C13H20ClF2N. The van der Waals surface area contributed by atoms with Crippen molar-refractivity contribution >= 4 is 12.4 Å². The highest BCUT2D eigenvalue weighted by molar-refractivity contribution is 5.85. The molecule has 0 saturated heterocycles. The maximum Gasteiger partial charge on any atom is 0.133 e. The molecule has 0 amide bonds. The number of halogens is 3. The van der Waals surface area contributed by atoms with Crippen molar-refractivity contribution in [3.8, 4) is 0 Å². The van der Waals surface area contributed by atoms with E-state index in [9.17, 15) is 8.78 Å². The van der Waals surface area contributed by atoms with E-state index in [1.54, 1.807) is 6.92 Å². The van der Waals surface area contributed by atoms with E-state index in [-0.39, 0.29) is 18.0 Å². The molecule has 0 spiro atoms. The van der Waals surface area contributed by atoms with Crippen LogP contribution >= 0.6 is 12.4 Å². The number of benzene rings is 1. The van der Waals surface area contributed by atoms with E-state index < -0.39 is 17.7 Å². The van der Waals surface area contributed by atoms with Crippen molar-refractivity contribution in [3.05, 3.63) is 34.9 Å². The molecule has 0 aliphatic carbocycles. The molecule has 1 nitrogen and oxygen atoms in total. The van der Waals surface area contributed by atoms with Crippen molar-refractivity contribution in [2.75, 3.05) is 0 Å². The molecule has 98 valence electrons. The highest BCUT2D eigenvalue weighted by atomic mass is 35.5. The molecule has 0 aromatic heterocycles. The maximum absolute atomic E-state index is 13.7. The van der Waals surface area contributed by atoms with Gasteiger partial charge in [0.05, 0.1) is 0 Å². The number of unbranched alkanes of at least 4 members (excludes halogenated alkanes) is 2. The van der Waals surface area contributed by atoms with E-state index in [0.717, 1.165) is 19.3 Å². The van der Waals surface area contributed by atoms with Crippen LogP contribution in [0.2, 0.25) is 0 Å². The molecule has 0 fully saturated rings. The van der Waals surface area contributed by atoms with Crippen LogP contribution in [0.4, 0.5) is 8.78 Å². The van der Waals surface area contributed by atoms with Crippen molar-refractivity contribution in [3.63, 3.8) is 0 Å². The number of hydrogen-bond donors (Lipinski definition) is 1. The summed E-state index contributed by atoms with van der Waals surface area (Å²) in [5.41, 5.74) is 6.31. The summed E-state index contributed by atoms with van der Waals surface area (Å²) in [6.45, 7) is 3.70. The van der Waals surface area contributed by atoms with Gasteiger partial charge in [0.1, 0.15) is 11.6 Å². The summed E-state index contributed by atoms with van der Waals surface area (Å²) in [6, 6.07) is 2.19. The van der Waals surface area contributed by atoms with Crippen LogP contribution in [0.3, 0.4) is 0 Å². The van der Waals surface area contributed by atoms with Gasteiger partial charge < -0.3 is 5.73 Å². The summed E-state index contributed by atoms with van der Waals surface area (Å²) in [6.07, 6.45) is 3.66. The van der Waals surface area contributed by atoms with Crippen LogP contribution in [0.5, 0.6) is 0 Å². The molecule has 0 radical (unpaired) electrons. The van der Waals surface area contributed by atoms with Crippen molar-refractivity contribution in [1.82, 2.24) is 0 Å². The Balaban J connectivity index is 0.00000256. The first-order valence-corrected chi connectivity index (χ1v) is 5.78. The van der Waals surface area contributed by atoms with E-state index in [1.807, 2.05) is 0 Å². The second kappa shape index (κ2) is 7.62. The Morgan fingerprint density at radius 1 is 1.24 bits per heavy atom. The zero-order valence-corrected chi connectivity index (χ0v) is 11.1.